The summed E-state index contributed by atoms with van der Waals surface area (Å²) in [4.78, 5) is 28.4. The summed E-state index contributed by atoms with van der Waals surface area (Å²) in [7, 11) is 2.93. The summed E-state index contributed by atoms with van der Waals surface area (Å²) in [6.45, 7) is 2.27. The molecular weight excluding hydrogens is 439 g/mol. The molecule has 2 amide bonds. The van der Waals surface area contributed by atoms with Crippen molar-refractivity contribution in [1.29, 1.82) is 0 Å². The summed E-state index contributed by atoms with van der Waals surface area (Å²) in [6.07, 6.45) is 0. The molecule has 1 heterocycles. The van der Waals surface area contributed by atoms with Gasteiger partial charge in [0.15, 0.2) is 0 Å². The Kier molecular flexibility index (Phi) is 6.49. The summed E-state index contributed by atoms with van der Waals surface area (Å²) in [5.41, 5.74) is 1.27. The van der Waals surface area contributed by atoms with Crippen molar-refractivity contribution in [2.24, 2.45) is 0 Å². The summed E-state index contributed by atoms with van der Waals surface area (Å²) >= 11 is 0. The molecule has 174 valence electrons. The van der Waals surface area contributed by atoms with E-state index in [9.17, 15) is 14.0 Å². The Morgan fingerprint density at radius 2 is 1.62 bits per heavy atom. The summed E-state index contributed by atoms with van der Waals surface area (Å²) in [6, 6.07) is 17.3. The first kappa shape index (κ1) is 22.8. The third kappa shape index (κ3) is 4.17. The number of hydrogen-bond donors (Lipinski definition) is 1. The van der Waals surface area contributed by atoms with E-state index in [0.717, 1.165) is 4.90 Å². The highest BCUT2D eigenvalue weighted by Crippen LogP contribution is 2.40. The highest BCUT2D eigenvalue weighted by Gasteiger charge is 2.42. The van der Waals surface area contributed by atoms with Crippen LogP contribution in [-0.2, 0) is 9.59 Å². The third-order valence-corrected chi connectivity index (χ3v) is 5.29. The van der Waals surface area contributed by atoms with Gasteiger partial charge in [-0.25, -0.2) is 9.29 Å². The molecule has 8 heteroatoms. The first-order valence-corrected chi connectivity index (χ1v) is 10.6. The normalized spacial score (nSPS) is 13.4. The molecular formula is C26H23FN2O5. The van der Waals surface area contributed by atoms with Crippen molar-refractivity contribution in [3.05, 3.63) is 83.8 Å². The average Bonchev–Trinajstić information content (AvgIpc) is 3.09. The summed E-state index contributed by atoms with van der Waals surface area (Å²) in [5.74, 6) is -0.348. The first-order chi connectivity index (χ1) is 16.5. The molecule has 0 fully saturated rings. The number of methoxy groups -OCH3 is 2. The van der Waals surface area contributed by atoms with Crippen molar-refractivity contribution >= 4 is 28.8 Å². The van der Waals surface area contributed by atoms with Crippen molar-refractivity contribution in [2.75, 3.05) is 31.0 Å². The number of para-hydroxylation sites is 2. The Hall–Kier alpha value is -4.33. The van der Waals surface area contributed by atoms with Crippen molar-refractivity contribution in [2.45, 2.75) is 6.92 Å². The van der Waals surface area contributed by atoms with Gasteiger partial charge in [-0.2, -0.15) is 0 Å². The Bertz CT molecular complexity index is 1270. The molecule has 0 aliphatic carbocycles. The van der Waals surface area contributed by atoms with Gasteiger partial charge in [0, 0.05) is 6.07 Å². The second kappa shape index (κ2) is 9.66. The Morgan fingerprint density at radius 1 is 0.882 bits per heavy atom. The van der Waals surface area contributed by atoms with Crippen LogP contribution < -0.4 is 24.4 Å². The van der Waals surface area contributed by atoms with Crippen LogP contribution in [0.25, 0.3) is 5.57 Å². The SMILES string of the molecule is CCOc1ccccc1NC1=C(c2ccc(F)cc2)C(=O)N(c2cc(OC)ccc2OC)C1=O. The van der Waals surface area contributed by atoms with Crippen molar-refractivity contribution in [3.63, 3.8) is 0 Å². The number of benzene rings is 3. The summed E-state index contributed by atoms with van der Waals surface area (Å²) in [5, 5.41) is 3.08. The Labute approximate surface area is 196 Å². The van der Waals surface area contributed by atoms with E-state index in [1.165, 1.54) is 38.5 Å². The quantitative estimate of drug-likeness (QED) is 0.492. The average molecular weight is 462 g/mol. The molecule has 7 nitrogen and oxygen atoms in total. The van der Waals surface area contributed by atoms with Crippen LogP contribution in [0.2, 0.25) is 0 Å². The number of hydrogen-bond acceptors (Lipinski definition) is 6. The van der Waals surface area contributed by atoms with Crippen LogP contribution in [0, 0.1) is 5.82 Å². The number of amides is 2. The van der Waals surface area contributed by atoms with E-state index in [-0.39, 0.29) is 17.0 Å². The van der Waals surface area contributed by atoms with E-state index < -0.39 is 17.6 Å². The van der Waals surface area contributed by atoms with Gasteiger partial charge >= 0.3 is 0 Å². The molecule has 4 rings (SSSR count). The van der Waals surface area contributed by atoms with Gasteiger partial charge in [-0.05, 0) is 48.9 Å². The van der Waals surface area contributed by atoms with Gasteiger partial charge in [0.05, 0.1) is 37.8 Å². The zero-order valence-corrected chi connectivity index (χ0v) is 18.9. The zero-order valence-electron chi connectivity index (χ0n) is 18.9. The maximum Gasteiger partial charge on any atom is 0.282 e. The number of halogens is 1. The van der Waals surface area contributed by atoms with Crippen LogP contribution in [0.5, 0.6) is 17.2 Å². The number of carbonyl (C=O) groups is 2. The Balaban J connectivity index is 1.86. The van der Waals surface area contributed by atoms with Gasteiger partial charge in [-0.3, -0.25) is 9.59 Å². The third-order valence-electron chi connectivity index (χ3n) is 5.29. The van der Waals surface area contributed by atoms with Gasteiger partial charge in [0.1, 0.15) is 28.8 Å². The van der Waals surface area contributed by atoms with E-state index in [2.05, 4.69) is 5.32 Å². The highest BCUT2D eigenvalue weighted by molar-refractivity contribution is 6.46. The molecule has 0 aromatic heterocycles. The van der Waals surface area contributed by atoms with Crippen LogP contribution in [0.15, 0.2) is 72.4 Å². The predicted octanol–water partition coefficient (Wildman–Crippen LogP) is 4.64. The fraction of sp³-hybridized carbons (Fsp3) is 0.154. The minimum atomic E-state index is -0.595. The number of carbonyl (C=O) groups excluding carboxylic acids is 2. The van der Waals surface area contributed by atoms with Gasteiger partial charge in [-0.1, -0.05) is 24.3 Å². The second-order valence-corrected chi connectivity index (χ2v) is 7.29. The van der Waals surface area contributed by atoms with Gasteiger partial charge in [0.25, 0.3) is 11.8 Å². The molecule has 3 aromatic rings. The van der Waals surface area contributed by atoms with Gasteiger partial charge in [-0.15, -0.1) is 0 Å². The van der Waals surface area contributed by atoms with E-state index in [1.807, 2.05) is 6.92 Å². The molecule has 0 spiro atoms. The number of rotatable bonds is 8. The minimum absolute atomic E-state index is 0.0358. The lowest BCUT2D eigenvalue weighted by Crippen LogP contribution is -2.32. The summed E-state index contributed by atoms with van der Waals surface area (Å²) < 4.78 is 30.0. The van der Waals surface area contributed by atoms with Crippen LogP contribution in [0.1, 0.15) is 12.5 Å². The van der Waals surface area contributed by atoms with E-state index >= 15 is 0 Å². The fourth-order valence-electron chi connectivity index (χ4n) is 3.71. The zero-order chi connectivity index (χ0) is 24.2. The number of ether oxygens (including phenoxy) is 3. The number of anilines is 2. The lowest BCUT2D eigenvalue weighted by molar-refractivity contribution is -0.120. The topological polar surface area (TPSA) is 77.1 Å². The second-order valence-electron chi connectivity index (χ2n) is 7.29. The number of nitrogens with zero attached hydrogens (tertiary/aromatic N) is 1. The van der Waals surface area contributed by atoms with Gasteiger partial charge in [0.2, 0.25) is 0 Å². The number of nitrogens with one attached hydrogen (secondary N) is 1. The maximum atomic E-state index is 13.7. The lowest BCUT2D eigenvalue weighted by Gasteiger charge is -2.19. The van der Waals surface area contributed by atoms with E-state index in [0.29, 0.717) is 35.1 Å². The molecule has 1 aliphatic rings. The number of imide groups is 1. The lowest BCUT2D eigenvalue weighted by atomic mass is 10.0. The molecule has 1 aliphatic heterocycles. The standard InChI is InChI=1S/C26H23FN2O5/c1-4-34-21-8-6-5-7-19(21)28-24-23(16-9-11-17(27)12-10-16)25(30)29(26(24)31)20-15-18(32-2)13-14-22(20)33-3/h5-15,28H,4H2,1-3H3. The smallest absolute Gasteiger partial charge is 0.282 e. The van der Waals surface area contributed by atoms with Crippen LogP contribution in [0.4, 0.5) is 15.8 Å². The van der Waals surface area contributed by atoms with Crippen LogP contribution >= 0.6 is 0 Å². The molecule has 0 bridgehead atoms. The molecule has 0 radical (unpaired) electrons. The largest absolute Gasteiger partial charge is 0.497 e. The molecule has 1 N–H and O–H groups in total. The van der Waals surface area contributed by atoms with Gasteiger partial charge < -0.3 is 19.5 Å². The predicted molar refractivity (Wildman–Crippen MR) is 127 cm³/mol. The van der Waals surface area contributed by atoms with E-state index in [4.69, 9.17) is 14.2 Å². The Morgan fingerprint density at radius 3 is 2.29 bits per heavy atom. The molecule has 0 saturated heterocycles. The molecule has 34 heavy (non-hydrogen) atoms. The molecule has 0 atom stereocenters. The van der Waals surface area contributed by atoms with E-state index in [1.54, 1.807) is 42.5 Å². The van der Waals surface area contributed by atoms with Crippen LogP contribution in [0.3, 0.4) is 0 Å². The molecule has 0 unspecified atom stereocenters. The van der Waals surface area contributed by atoms with Crippen molar-refractivity contribution in [1.82, 2.24) is 0 Å². The minimum Gasteiger partial charge on any atom is -0.497 e. The van der Waals surface area contributed by atoms with Crippen molar-refractivity contribution in [3.8, 4) is 17.2 Å². The van der Waals surface area contributed by atoms with Crippen LogP contribution in [-0.4, -0.2) is 32.6 Å². The highest BCUT2D eigenvalue weighted by atomic mass is 19.1. The molecule has 0 saturated carbocycles. The maximum absolute atomic E-state index is 13.7. The molecule has 3 aromatic carbocycles. The monoisotopic (exact) mass is 462 g/mol. The first-order valence-electron chi connectivity index (χ1n) is 10.6. The van der Waals surface area contributed by atoms with Crippen molar-refractivity contribution < 1.29 is 28.2 Å². The fourth-order valence-corrected chi connectivity index (χ4v) is 3.71.